The minimum absolute atomic E-state index is 0.269. The van der Waals surface area contributed by atoms with E-state index in [1.807, 2.05) is 13.8 Å². The van der Waals surface area contributed by atoms with E-state index in [0.29, 0.717) is 6.04 Å². The summed E-state index contributed by atoms with van der Waals surface area (Å²) < 4.78 is 11.5. The van der Waals surface area contributed by atoms with Crippen molar-refractivity contribution in [2.75, 3.05) is 13.6 Å². The maximum atomic E-state index is 5.79. The molecule has 3 unspecified atom stereocenters. The average Bonchev–Trinajstić information content (AvgIpc) is 2.33. The lowest BCUT2D eigenvalue weighted by Crippen LogP contribution is -2.33. The van der Waals surface area contributed by atoms with E-state index >= 15 is 0 Å². The van der Waals surface area contributed by atoms with Crippen LogP contribution in [0.3, 0.4) is 0 Å². The number of nitrogens with zero attached hydrogens (tertiary/aromatic N) is 1. The van der Waals surface area contributed by atoms with Crippen molar-refractivity contribution in [3.8, 4) is 0 Å². The molecular weight excluding hydrogens is 154 g/mol. The molecule has 0 radical (unpaired) electrons. The third-order valence-electron chi connectivity index (χ3n) is 2.86. The van der Waals surface area contributed by atoms with Gasteiger partial charge >= 0.3 is 0 Å². The van der Waals surface area contributed by atoms with Gasteiger partial charge in [-0.3, -0.25) is 4.90 Å². The Morgan fingerprint density at radius 1 is 1.33 bits per heavy atom. The maximum absolute atomic E-state index is 5.79. The van der Waals surface area contributed by atoms with Gasteiger partial charge in [-0.1, -0.05) is 0 Å². The van der Waals surface area contributed by atoms with E-state index in [-0.39, 0.29) is 18.0 Å². The largest absolute Gasteiger partial charge is 0.343 e. The minimum atomic E-state index is -0.370. The fraction of sp³-hybridized carbons (Fsp3) is 1.00. The molecule has 0 aromatic heterocycles. The summed E-state index contributed by atoms with van der Waals surface area (Å²) in [5, 5.41) is 0. The predicted molar refractivity (Wildman–Crippen MR) is 45.9 cm³/mol. The summed E-state index contributed by atoms with van der Waals surface area (Å²) in [4.78, 5) is 2.28. The summed E-state index contributed by atoms with van der Waals surface area (Å²) in [6.45, 7) is 7.15. The molecule has 2 aliphatic rings. The van der Waals surface area contributed by atoms with Crippen LogP contribution in [0.4, 0.5) is 0 Å². The van der Waals surface area contributed by atoms with Gasteiger partial charge in [-0.2, -0.15) is 0 Å². The first kappa shape index (κ1) is 8.48. The number of ether oxygens (including phenoxy) is 2. The standard InChI is InChI=1S/C9H17NO2/c1-6-8-7(5-10(6)4)11-9(2,3)12-8/h6-8H,5H2,1-4H3. The molecule has 0 N–H and O–H groups in total. The van der Waals surface area contributed by atoms with Gasteiger partial charge in [0.15, 0.2) is 5.79 Å². The molecule has 2 fully saturated rings. The van der Waals surface area contributed by atoms with Crippen molar-refractivity contribution in [3.63, 3.8) is 0 Å². The Morgan fingerprint density at radius 3 is 2.58 bits per heavy atom. The molecule has 3 nitrogen and oxygen atoms in total. The molecule has 0 saturated carbocycles. The van der Waals surface area contributed by atoms with Gasteiger partial charge in [-0.25, -0.2) is 0 Å². The molecule has 2 rings (SSSR count). The van der Waals surface area contributed by atoms with Gasteiger partial charge in [-0.05, 0) is 27.8 Å². The molecule has 70 valence electrons. The lowest BCUT2D eigenvalue weighted by molar-refractivity contribution is -0.159. The highest BCUT2D eigenvalue weighted by molar-refractivity contribution is 4.96. The monoisotopic (exact) mass is 171 g/mol. The summed E-state index contributed by atoms with van der Waals surface area (Å²) in [6.07, 6.45) is 0.546. The minimum Gasteiger partial charge on any atom is -0.343 e. The summed E-state index contributed by atoms with van der Waals surface area (Å²) >= 11 is 0. The molecule has 0 aliphatic carbocycles. The van der Waals surface area contributed by atoms with Crippen LogP contribution in [0, 0.1) is 0 Å². The molecule has 0 bridgehead atoms. The molecule has 0 spiro atoms. The molecule has 0 amide bonds. The van der Waals surface area contributed by atoms with Gasteiger partial charge in [0.2, 0.25) is 0 Å². The second-order valence-electron chi connectivity index (χ2n) is 4.32. The van der Waals surface area contributed by atoms with Crippen molar-refractivity contribution < 1.29 is 9.47 Å². The topological polar surface area (TPSA) is 21.7 Å². The SMILES string of the molecule is CC1C2OC(C)(C)OC2CN1C. The van der Waals surface area contributed by atoms with Crippen LogP contribution in [0.2, 0.25) is 0 Å². The zero-order valence-corrected chi connectivity index (χ0v) is 8.20. The highest BCUT2D eigenvalue weighted by Gasteiger charge is 2.49. The first-order valence-corrected chi connectivity index (χ1v) is 4.55. The number of likely N-dealkylation sites (tertiary alicyclic amines) is 1. The molecule has 2 aliphatic heterocycles. The predicted octanol–water partition coefficient (Wildman–Crippen LogP) is 0.840. The molecule has 2 saturated heterocycles. The Morgan fingerprint density at radius 2 is 2.00 bits per heavy atom. The number of fused-ring (bicyclic) bond motifs is 1. The van der Waals surface area contributed by atoms with Gasteiger partial charge in [0.1, 0.15) is 12.2 Å². The average molecular weight is 171 g/mol. The zero-order valence-electron chi connectivity index (χ0n) is 8.20. The summed E-state index contributed by atoms with van der Waals surface area (Å²) in [7, 11) is 2.11. The Bertz CT molecular complexity index is 193. The lowest BCUT2D eigenvalue weighted by Gasteiger charge is -2.24. The van der Waals surface area contributed by atoms with Crippen LogP contribution < -0.4 is 0 Å². The third-order valence-corrected chi connectivity index (χ3v) is 2.86. The van der Waals surface area contributed by atoms with Gasteiger partial charge in [0.05, 0.1) is 0 Å². The van der Waals surface area contributed by atoms with Gasteiger partial charge < -0.3 is 9.47 Å². The van der Waals surface area contributed by atoms with E-state index < -0.39 is 0 Å². The van der Waals surface area contributed by atoms with Crippen LogP contribution in [-0.4, -0.2) is 42.5 Å². The Labute approximate surface area is 73.6 Å². The second kappa shape index (κ2) is 2.44. The molecule has 3 heteroatoms. The fourth-order valence-corrected chi connectivity index (χ4v) is 2.11. The van der Waals surface area contributed by atoms with E-state index in [4.69, 9.17) is 9.47 Å². The Hall–Kier alpha value is -0.120. The van der Waals surface area contributed by atoms with E-state index in [1.165, 1.54) is 0 Å². The highest BCUT2D eigenvalue weighted by Crippen LogP contribution is 2.35. The van der Waals surface area contributed by atoms with Gasteiger partial charge in [0, 0.05) is 12.6 Å². The summed E-state index contributed by atoms with van der Waals surface area (Å²) in [6, 6.07) is 0.483. The van der Waals surface area contributed by atoms with Crippen LogP contribution >= 0.6 is 0 Å². The molecule has 12 heavy (non-hydrogen) atoms. The second-order valence-corrected chi connectivity index (χ2v) is 4.32. The van der Waals surface area contributed by atoms with E-state index in [9.17, 15) is 0 Å². The van der Waals surface area contributed by atoms with Gasteiger partial charge in [-0.15, -0.1) is 0 Å². The van der Waals surface area contributed by atoms with Crippen molar-refractivity contribution in [3.05, 3.63) is 0 Å². The summed E-state index contributed by atoms with van der Waals surface area (Å²) in [5.74, 6) is -0.370. The van der Waals surface area contributed by atoms with Crippen molar-refractivity contribution in [2.24, 2.45) is 0 Å². The molecular formula is C9H17NO2. The molecule has 2 heterocycles. The van der Waals surface area contributed by atoms with Crippen molar-refractivity contribution in [1.82, 2.24) is 4.90 Å². The van der Waals surface area contributed by atoms with Crippen LogP contribution in [0.5, 0.6) is 0 Å². The quantitative estimate of drug-likeness (QED) is 0.539. The van der Waals surface area contributed by atoms with Gasteiger partial charge in [0.25, 0.3) is 0 Å². The van der Waals surface area contributed by atoms with Crippen LogP contribution in [0.15, 0.2) is 0 Å². The van der Waals surface area contributed by atoms with Crippen LogP contribution in [-0.2, 0) is 9.47 Å². The van der Waals surface area contributed by atoms with Crippen LogP contribution in [0.25, 0.3) is 0 Å². The van der Waals surface area contributed by atoms with Crippen molar-refractivity contribution in [1.29, 1.82) is 0 Å². The highest BCUT2D eigenvalue weighted by atomic mass is 16.8. The van der Waals surface area contributed by atoms with Crippen molar-refractivity contribution >= 4 is 0 Å². The third kappa shape index (κ3) is 1.16. The summed E-state index contributed by atoms with van der Waals surface area (Å²) in [5.41, 5.74) is 0. The zero-order chi connectivity index (χ0) is 8.93. The first-order valence-electron chi connectivity index (χ1n) is 4.55. The Balaban J connectivity index is 2.11. The maximum Gasteiger partial charge on any atom is 0.163 e. The lowest BCUT2D eigenvalue weighted by atomic mass is 10.2. The first-order chi connectivity index (χ1) is 5.49. The molecule has 3 atom stereocenters. The Kier molecular flexibility index (Phi) is 1.72. The number of rotatable bonds is 0. The normalized spacial score (nSPS) is 46.5. The fourth-order valence-electron chi connectivity index (χ4n) is 2.11. The number of hydrogen-bond acceptors (Lipinski definition) is 3. The van der Waals surface area contributed by atoms with Crippen LogP contribution in [0.1, 0.15) is 20.8 Å². The van der Waals surface area contributed by atoms with E-state index in [1.54, 1.807) is 0 Å². The van der Waals surface area contributed by atoms with Crippen molar-refractivity contribution in [2.45, 2.75) is 44.8 Å². The van der Waals surface area contributed by atoms with E-state index in [0.717, 1.165) is 6.54 Å². The number of likely N-dealkylation sites (N-methyl/N-ethyl adjacent to an activating group) is 1. The van der Waals surface area contributed by atoms with E-state index in [2.05, 4.69) is 18.9 Å². The molecule has 0 aromatic rings. The molecule has 0 aromatic carbocycles. The number of hydrogen-bond donors (Lipinski definition) is 0. The smallest absolute Gasteiger partial charge is 0.163 e.